The Labute approximate surface area is 133 Å². The van der Waals surface area contributed by atoms with Crippen LogP contribution in [-0.2, 0) is 6.42 Å². The molecule has 2 aromatic heterocycles. The zero-order valence-electron chi connectivity index (χ0n) is 13.0. The van der Waals surface area contributed by atoms with Crippen LogP contribution in [0.5, 0.6) is 0 Å². The van der Waals surface area contributed by atoms with E-state index in [4.69, 9.17) is 0 Å². The van der Waals surface area contributed by atoms with E-state index >= 15 is 0 Å². The molecule has 0 aliphatic heterocycles. The Balaban J connectivity index is 1.72. The van der Waals surface area contributed by atoms with Crippen molar-refractivity contribution >= 4 is 23.3 Å². The molecule has 23 heavy (non-hydrogen) atoms. The molecule has 0 unspecified atom stereocenters. The van der Waals surface area contributed by atoms with Crippen molar-refractivity contribution in [1.82, 2.24) is 15.2 Å². The maximum Gasteiger partial charge on any atom is 0.259 e. The summed E-state index contributed by atoms with van der Waals surface area (Å²) in [4.78, 5) is 27.4. The summed E-state index contributed by atoms with van der Waals surface area (Å²) in [5.41, 5.74) is 1.74. The molecule has 1 aliphatic rings. The van der Waals surface area contributed by atoms with Crippen molar-refractivity contribution in [1.29, 1.82) is 0 Å². The Morgan fingerprint density at radius 3 is 2.78 bits per heavy atom. The summed E-state index contributed by atoms with van der Waals surface area (Å²) in [6.07, 6.45) is 4.69. The van der Waals surface area contributed by atoms with Crippen molar-refractivity contribution in [2.45, 2.75) is 32.6 Å². The van der Waals surface area contributed by atoms with Crippen LogP contribution in [0.1, 0.15) is 52.6 Å². The van der Waals surface area contributed by atoms with Crippen LogP contribution in [0.15, 0.2) is 18.3 Å². The number of rotatable bonds is 5. The van der Waals surface area contributed by atoms with Gasteiger partial charge in [-0.3, -0.25) is 9.59 Å². The zero-order chi connectivity index (χ0) is 16.2. The number of carbonyl (C=O) groups excluding carboxylic acids is 2. The van der Waals surface area contributed by atoms with Gasteiger partial charge in [0.15, 0.2) is 11.6 Å². The first-order valence-corrected chi connectivity index (χ1v) is 7.81. The van der Waals surface area contributed by atoms with E-state index in [-0.39, 0.29) is 11.7 Å². The normalized spacial score (nSPS) is 13.5. The fourth-order valence-corrected chi connectivity index (χ4v) is 2.64. The Kier molecular flexibility index (Phi) is 4.36. The number of fused-ring (bicyclic) bond motifs is 1. The summed E-state index contributed by atoms with van der Waals surface area (Å²) < 4.78 is 0. The molecular weight excluding hydrogens is 294 g/mol. The number of H-pyrrole nitrogens is 1. The van der Waals surface area contributed by atoms with Gasteiger partial charge >= 0.3 is 0 Å². The number of anilines is 2. The predicted molar refractivity (Wildman–Crippen MR) is 86.8 cm³/mol. The molecule has 0 atom stereocenters. The number of nitrogens with one attached hydrogen (secondary N) is 3. The summed E-state index contributed by atoms with van der Waals surface area (Å²) in [5.74, 6) is 0.693. The third-order valence-electron chi connectivity index (χ3n) is 3.78. The molecule has 1 amide bonds. The molecule has 0 saturated heterocycles. The van der Waals surface area contributed by atoms with E-state index in [0.29, 0.717) is 29.2 Å². The standard InChI is InChI=1S/C16H19N5O2/c1-2-8-17-13-6-7-14(21-20-13)19-16(23)10-9-18-11-4-3-5-12(22)15(10)11/h6-7,9,18H,2-5,8H2,1H3,(H,17,20)(H,19,21,23). The first kappa shape index (κ1) is 15.2. The molecule has 7 nitrogen and oxygen atoms in total. The first-order valence-electron chi connectivity index (χ1n) is 7.81. The Bertz CT molecular complexity index is 721. The minimum absolute atomic E-state index is 0.0165. The minimum atomic E-state index is -0.346. The lowest BCUT2D eigenvalue weighted by molar-refractivity contribution is 0.0956. The topological polar surface area (TPSA) is 99.8 Å². The number of aromatic amines is 1. The number of aromatic nitrogens is 3. The lowest BCUT2D eigenvalue weighted by atomic mass is 9.93. The van der Waals surface area contributed by atoms with E-state index in [1.165, 1.54) is 0 Å². The smallest absolute Gasteiger partial charge is 0.259 e. The second-order valence-electron chi connectivity index (χ2n) is 5.52. The van der Waals surface area contributed by atoms with Crippen LogP contribution in [0.25, 0.3) is 0 Å². The molecule has 2 heterocycles. The fraction of sp³-hybridized carbons (Fsp3) is 0.375. The van der Waals surface area contributed by atoms with Crippen LogP contribution in [0, 0.1) is 0 Å². The highest BCUT2D eigenvalue weighted by Crippen LogP contribution is 2.24. The molecule has 0 saturated carbocycles. The van der Waals surface area contributed by atoms with E-state index in [1.54, 1.807) is 18.3 Å². The summed E-state index contributed by atoms with van der Waals surface area (Å²) in [6.45, 7) is 2.88. The van der Waals surface area contributed by atoms with Crippen LogP contribution >= 0.6 is 0 Å². The molecule has 0 spiro atoms. The van der Waals surface area contributed by atoms with Gasteiger partial charge in [0.1, 0.15) is 5.82 Å². The third kappa shape index (κ3) is 3.23. The SMILES string of the molecule is CCCNc1ccc(NC(=O)c2c[nH]c3c2C(=O)CCC3)nn1. The van der Waals surface area contributed by atoms with Gasteiger partial charge in [-0.15, -0.1) is 10.2 Å². The van der Waals surface area contributed by atoms with Gasteiger partial charge in [-0.1, -0.05) is 6.92 Å². The number of hydrogen-bond donors (Lipinski definition) is 3. The van der Waals surface area contributed by atoms with E-state index in [1.807, 2.05) is 0 Å². The number of nitrogens with zero attached hydrogens (tertiary/aromatic N) is 2. The van der Waals surface area contributed by atoms with Crippen LogP contribution in [0.4, 0.5) is 11.6 Å². The molecule has 1 aliphatic carbocycles. The van der Waals surface area contributed by atoms with Gasteiger partial charge < -0.3 is 15.6 Å². The van der Waals surface area contributed by atoms with Gasteiger partial charge in [-0.2, -0.15) is 0 Å². The highest BCUT2D eigenvalue weighted by Gasteiger charge is 2.26. The summed E-state index contributed by atoms with van der Waals surface area (Å²) >= 11 is 0. The molecule has 0 fully saturated rings. The zero-order valence-corrected chi connectivity index (χ0v) is 13.0. The van der Waals surface area contributed by atoms with E-state index in [2.05, 4.69) is 32.7 Å². The van der Waals surface area contributed by atoms with Gasteiger partial charge in [-0.25, -0.2) is 0 Å². The number of carbonyl (C=O) groups is 2. The van der Waals surface area contributed by atoms with Crippen LogP contribution in [0.3, 0.4) is 0 Å². The Morgan fingerprint density at radius 2 is 2.04 bits per heavy atom. The van der Waals surface area contributed by atoms with Crippen LogP contribution in [0.2, 0.25) is 0 Å². The van der Waals surface area contributed by atoms with Crippen molar-refractivity contribution in [3.8, 4) is 0 Å². The highest BCUT2D eigenvalue weighted by molar-refractivity contribution is 6.13. The number of ketones is 1. The van der Waals surface area contributed by atoms with Gasteiger partial charge in [0.25, 0.3) is 5.91 Å². The van der Waals surface area contributed by atoms with Crippen LogP contribution < -0.4 is 10.6 Å². The monoisotopic (exact) mass is 313 g/mol. The minimum Gasteiger partial charge on any atom is -0.369 e. The molecule has 2 aromatic rings. The fourth-order valence-electron chi connectivity index (χ4n) is 2.64. The molecule has 3 rings (SSSR count). The van der Waals surface area contributed by atoms with Crippen molar-refractivity contribution in [2.24, 2.45) is 0 Å². The highest BCUT2D eigenvalue weighted by atomic mass is 16.2. The maximum atomic E-state index is 12.4. The number of hydrogen-bond acceptors (Lipinski definition) is 5. The molecule has 3 N–H and O–H groups in total. The summed E-state index contributed by atoms with van der Waals surface area (Å²) in [5, 5.41) is 13.8. The lowest BCUT2D eigenvalue weighted by Crippen LogP contribution is -2.18. The Morgan fingerprint density at radius 1 is 1.26 bits per heavy atom. The molecule has 0 bridgehead atoms. The molecule has 0 radical (unpaired) electrons. The largest absolute Gasteiger partial charge is 0.369 e. The van der Waals surface area contributed by atoms with Gasteiger partial charge in [0, 0.05) is 24.9 Å². The second-order valence-corrected chi connectivity index (χ2v) is 5.52. The van der Waals surface area contributed by atoms with Crippen LogP contribution in [-0.4, -0.2) is 33.4 Å². The number of aryl methyl sites for hydroxylation is 1. The third-order valence-corrected chi connectivity index (χ3v) is 3.78. The molecule has 7 heteroatoms. The molecule has 120 valence electrons. The molecular formula is C16H19N5O2. The predicted octanol–water partition coefficient (Wildman–Crippen LogP) is 2.40. The summed E-state index contributed by atoms with van der Waals surface area (Å²) in [7, 11) is 0. The van der Waals surface area contributed by atoms with Crippen molar-refractivity contribution in [3.63, 3.8) is 0 Å². The van der Waals surface area contributed by atoms with Crippen molar-refractivity contribution in [3.05, 3.63) is 35.2 Å². The lowest BCUT2D eigenvalue weighted by Gasteiger charge is -2.11. The van der Waals surface area contributed by atoms with E-state index in [0.717, 1.165) is 31.5 Å². The second kappa shape index (κ2) is 6.60. The number of amides is 1. The number of Topliss-reactive ketones (excluding diaryl/α,β-unsaturated/α-hetero) is 1. The average molecular weight is 313 g/mol. The van der Waals surface area contributed by atoms with Crippen molar-refractivity contribution < 1.29 is 9.59 Å². The first-order chi connectivity index (χ1) is 11.2. The van der Waals surface area contributed by atoms with E-state index < -0.39 is 0 Å². The quantitative estimate of drug-likeness (QED) is 0.787. The maximum absolute atomic E-state index is 12.4. The van der Waals surface area contributed by atoms with Gasteiger partial charge in [0.05, 0.1) is 11.1 Å². The summed E-state index contributed by atoms with van der Waals surface area (Å²) in [6, 6.07) is 3.44. The molecule has 0 aromatic carbocycles. The van der Waals surface area contributed by atoms with Gasteiger partial charge in [-0.05, 0) is 31.4 Å². The Hall–Kier alpha value is -2.70. The van der Waals surface area contributed by atoms with Gasteiger partial charge in [0.2, 0.25) is 0 Å². The average Bonchev–Trinajstić information content (AvgIpc) is 3.00. The van der Waals surface area contributed by atoms with Crippen molar-refractivity contribution in [2.75, 3.05) is 17.2 Å². The van der Waals surface area contributed by atoms with E-state index in [9.17, 15) is 9.59 Å².